The highest BCUT2D eigenvalue weighted by atomic mass is 32.1. The number of nitriles is 2. The molecule has 83 heavy (non-hydrogen) atoms. The van der Waals surface area contributed by atoms with E-state index in [-0.39, 0.29) is 11.1 Å². The van der Waals surface area contributed by atoms with Gasteiger partial charge in [-0.2, -0.15) is 10.5 Å². The monoisotopic (exact) mass is 1110 g/mol. The second kappa shape index (κ2) is 16.5. The summed E-state index contributed by atoms with van der Waals surface area (Å²) in [5.41, 5.74) is 11.3. The van der Waals surface area contributed by atoms with Gasteiger partial charge in [-0.15, -0.1) is 34.0 Å². The summed E-state index contributed by atoms with van der Waals surface area (Å²) in [4.78, 5) is 0. The van der Waals surface area contributed by atoms with E-state index in [1.807, 2.05) is 12.1 Å². The van der Waals surface area contributed by atoms with Crippen LogP contribution in [0.25, 0.3) is 176 Å². The van der Waals surface area contributed by atoms with Crippen LogP contribution in [0.3, 0.4) is 0 Å². The molecule has 0 aliphatic heterocycles. The third-order valence-corrected chi connectivity index (χ3v) is 21.1. The molecule has 0 unspecified atom stereocenters. The number of benzene rings is 12. The van der Waals surface area contributed by atoms with Crippen molar-refractivity contribution in [3.8, 4) is 40.3 Å². The van der Waals surface area contributed by atoms with Gasteiger partial charge in [-0.25, -0.2) is 0 Å². The zero-order chi connectivity index (χ0) is 54.3. The van der Waals surface area contributed by atoms with Crippen molar-refractivity contribution in [1.82, 2.24) is 13.7 Å². The summed E-state index contributed by atoms with van der Waals surface area (Å²) in [6, 6.07) is 85.8. The molecule has 0 aliphatic rings. The number of aromatic nitrogens is 3. The van der Waals surface area contributed by atoms with Crippen LogP contribution in [0.2, 0.25) is 0 Å². The lowest BCUT2D eigenvalue weighted by molar-refractivity contribution is 0.670. The van der Waals surface area contributed by atoms with Crippen molar-refractivity contribution >= 4 is 182 Å². The van der Waals surface area contributed by atoms with Crippen molar-refractivity contribution in [2.24, 2.45) is 0 Å². The lowest BCUT2D eigenvalue weighted by Gasteiger charge is -2.27. The SMILES string of the molecule is N#Cc1c(C#N)c(-n2c3ccccc3c3ccc4c5ccccc5sc4c32)c(-n2c3ccccc3c3ccc4c5ccccc5sc4c32)c(-c2cccc3c2oc2ccccc23)c1-n1c2ccccc2c2ccc3c4ccccc4sc3c21. The number of rotatable bonds is 4. The van der Waals surface area contributed by atoms with Crippen LogP contribution < -0.4 is 0 Å². The van der Waals surface area contributed by atoms with Gasteiger partial charge in [0.25, 0.3) is 0 Å². The molecule has 9 heteroatoms. The topological polar surface area (TPSA) is 75.5 Å². The summed E-state index contributed by atoms with van der Waals surface area (Å²) < 4.78 is 21.3. The summed E-state index contributed by atoms with van der Waals surface area (Å²) in [5.74, 6) is 0. The fourth-order valence-corrected chi connectivity index (χ4v) is 17.9. The molecule has 0 spiro atoms. The normalized spacial score (nSPS) is 12.3. The van der Waals surface area contributed by atoms with Gasteiger partial charge in [0.2, 0.25) is 0 Å². The lowest BCUT2D eigenvalue weighted by Crippen LogP contribution is -2.14. The molecule has 0 fully saturated rings. The second-order valence-electron chi connectivity index (χ2n) is 21.5. The maximum atomic E-state index is 12.7. The maximum absolute atomic E-state index is 12.7. The molecule has 7 heterocycles. The number of thiophene rings is 3. The summed E-state index contributed by atoms with van der Waals surface area (Å²) >= 11 is 5.33. The molecule has 0 amide bonds. The number of furan rings is 1. The molecule has 0 saturated carbocycles. The van der Waals surface area contributed by atoms with Gasteiger partial charge in [0.15, 0.2) is 0 Å². The average molecular weight is 1110 g/mol. The van der Waals surface area contributed by atoms with Crippen LogP contribution >= 0.6 is 34.0 Å². The molecule has 0 N–H and O–H groups in total. The van der Waals surface area contributed by atoms with E-state index in [9.17, 15) is 10.5 Å². The number of nitrogens with zero attached hydrogens (tertiary/aromatic N) is 5. The molecule has 0 aliphatic carbocycles. The minimum absolute atomic E-state index is 0.261. The molecular weight excluding hydrogens is 1070 g/mol. The smallest absolute Gasteiger partial charge is 0.143 e. The van der Waals surface area contributed by atoms with Crippen LogP contribution in [0, 0.1) is 22.7 Å². The Hall–Kier alpha value is -10.5. The predicted octanol–water partition coefficient (Wildman–Crippen LogP) is 21.4. The highest BCUT2D eigenvalue weighted by Crippen LogP contribution is 2.55. The van der Waals surface area contributed by atoms with Gasteiger partial charge in [0, 0.05) is 101 Å². The number of para-hydroxylation sites is 5. The molecule has 382 valence electrons. The van der Waals surface area contributed by atoms with Crippen molar-refractivity contribution in [1.29, 1.82) is 10.5 Å². The first kappa shape index (κ1) is 45.2. The molecule has 12 aromatic carbocycles. The zero-order valence-corrected chi connectivity index (χ0v) is 46.2. The molecule has 19 aromatic rings. The fourth-order valence-electron chi connectivity index (χ4n) is 14.2. The Kier molecular flexibility index (Phi) is 9.02. The first-order valence-electron chi connectivity index (χ1n) is 27.6. The van der Waals surface area contributed by atoms with Crippen LogP contribution in [0.1, 0.15) is 11.1 Å². The van der Waals surface area contributed by atoms with Gasteiger partial charge < -0.3 is 18.1 Å². The molecule has 19 rings (SSSR count). The van der Waals surface area contributed by atoms with Gasteiger partial charge >= 0.3 is 0 Å². The second-order valence-corrected chi connectivity index (χ2v) is 24.7. The Labute approximate surface area is 483 Å². The van der Waals surface area contributed by atoms with Crippen molar-refractivity contribution in [2.45, 2.75) is 0 Å². The van der Waals surface area contributed by atoms with E-state index in [1.54, 1.807) is 34.0 Å². The fraction of sp³-hybridized carbons (Fsp3) is 0. The maximum Gasteiger partial charge on any atom is 0.143 e. The van der Waals surface area contributed by atoms with Crippen molar-refractivity contribution in [3.63, 3.8) is 0 Å². The number of hydrogen-bond acceptors (Lipinski definition) is 6. The minimum atomic E-state index is 0.261. The predicted molar refractivity (Wildman–Crippen MR) is 350 cm³/mol. The van der Waals surface area contributed by atoms with E-state index in [0.717, 1.165) is 129 Å². The Balaban J connectivity index is 1.15. The molecular formula is C74H37N5OS3. The number of fused-ring (bicyclic) bond motifs is 24. The van der Waals surface area contributed by atoms with Crippen LogP contribution in [0.5, 0.6) is 0 Å². The van der Waals surface area contributed by atoms with E-state index in [2.05, 4.69) is 238 Å². The van der Waals surface area contributed by atoms with E-state index >= 15 is 0 Å². The Morgan fingerprint density at radius 2 is 0.663 bits per heavy atom. The standard InChI is InChI=1S/C74H37N5OS3/c75-38-55-56(39-76)66(78-58-26-9-2-17-41(58)48-33-36-52-45-21-6-13-30-62(45)82-73(52)68(48)78)70(79-59-27-10-3-18-42(59)49-34-37-53-46-22-7-14-31-63(46)83-74(53)69(49)79)64(54-24-15-23-50-43-19-4-11-28-60(43)80-71(50)54)65(55)77-57-25-8-1-16-40(57)47-32-35-51-44-20-5-12-29-61(44)81-72(51)67(47)77/h1-37H. The van der Waals surface area contributed by atoms with Crippen LogP contribution in [0.4, 0.5) is 0 Å². The molecule has 6 nitrogen and oxygen atoms in total. The molecule has 0 atom stereocenters. The van der Waals surface area contributed by atoms with Crippen molar-refractivity contribution in [3.05, 3.63) is 236 Å². The minimum Gasteiger partial charge on any atom is -0.455 e. The first-order chi connectivity index (χ1) is 41.1. The van der Waals surface area contributed by atoms with E-state index in [4.69, 9.17) is 4.42 Å². The summed E-state index contributed by atoms with van der Waals surface area (Å²) in [7, 11) is 0. The highest BCUT2D eigenvalue weighted by molar-refractivity contribution is 7.27. The third kappa shape index (κ3) is 5.82. The van der Waals surface area contributed by atoms with Crippen LogP contribution in [-0.4, -0.2) is 13.7 Å². The van der Waals surface area contributed by atoms with E-state index in [1.165, 1.54) is 30.3 Å². The van der Waals surface area contributed by atoms with Gasteiger partial charge in [0.1, 0.15) is 23.3 Å². The van der Waals surface area contributed by atoms with E-state index in [0.29, 0.717) is 17.0 Å². The van der Waals surface area contributed by atoms with Crippen molar-refractivity contribution in [2.75, 3.05) is 0 Å². The zero-order valence-electron chi connectivity index (χ0n) is 43.7. The third-order valence-electron chi connectivity index (χ3n) is 17.5. The summed E-state index contributed by atoms with van der Waals surface area (Å²) in [6.07, 6.45) is 0. The first-order valence-corrected chi connectivity index (χ1v) is 30.1. The lowest BCUT2D eigenvalue weighted by atomic mass is 9.90. The molecule has 0 bridgehead atoms. The van der Waals surface area contributed by atoms with E-state index < -0.39 is 0 Å². The molecule has 7 aromatic heterocycles. The average Bonchev–Trinajstić information content (AvgIpc) is 1.80. The summed E-state index contributed by atoms with van der Waals surface area (Å²) in [5, 5.41) is 40.6. The summed E-state index contributed by atoms with van der Waals surface area (Å²) in [6.45, 7) is 0. The largest absolute Gasteiger partial charge is 0.455 e. The van der Waals surface area contributed by atoms with Gasteiger partial charge in [-0.05, 0) is 42.5 Å². The Bertz CT molecular complexity index is 6240. The van der Waals surface area contributed by atoms with Crippen molar-refractivity contribution < 1.29 is 4.42 Å². The number of hydrogen-bond donors (Lipinski definition) is 0. The van der Waals surface area contributed by atoms with Gasteiger partial charge in [-0.1, -0.05) is 182 Å². The van der Waals surface area contributed by atoms with Gasteiger partial charge in [0.05, 0.1) is 75.4 Å². The molecule has 0 saturated heterocycles. The Morgan fingerprint density at radius 1 is 0.301 bits per heavy atom. The molecule has 0 radical (unpaired) electrons. The highest BCUT2D eigenvalue weighted by Gasteiger charge is 2.36. The van der Waals surface area contributed by atoms with Crippen LogP contribution in [0.15, 0.2) is 229 Å². The Morgan fingerprint density at radius 3 is 1.13 bits per heavy atom. The van der Waals surface area contributed by atoms with Crippen LogP contribution in [-0.2, 0) is 0 Å². The quantitative estimate of drug-likeness (QED) is 0.176. The van der Waals surface area contributed by atoms with Gasteiger partial charge in [-0.3, -0.25) is 0 Å².